The molecule has 1 spiro atoms. The zero-order valence-electron chi connectivity index (χ0n) is 8.72. The highest BCUT2D eigenvalue weighted by molar-refractivity contribution is 8.21. The van der Waals surface area contributed by atoms with Crippen LogP contribution in [0.2, 0.25) is 0 Å². The minimum absolute atomic E-state index is 0.450. The van der Waals surface area contributed by atoms with Crippen molar-refractivity contribution in [2.75, 3.05) is 11.5 Å². The molecule has 2 rings (SSSR count). The van der Waals surface area contributed by atoms with Gasteiger partial charge in [-0.15, -0.1) is 23.5 Å². The van der Waals surface area contributed by atoms with E-state index in [2.05, 4.69) is 50.4 Å². The Kier molecular flexibility index (Phi) is 2.48. The first kappa shape index (κ1) is 9.97. The molecule has 0 N–H and O–H groups in total. The Bertz CT molecular complexity index is 234. The Morgan fingerprint density at radius 2 is 1.85 bits per heavy atom. The van der Waals surface area contributed by atoms with E-state index in [1.165, 1.54) is 24.3 Å². The van der Waals surface area contributed by atoms with Crippen LogP contribution in [0, 0.1) is 5.41 Å². The van der Waals surface area contributed by atoms with Gasteiger partial charge in [0.15, 0.2) is 0 Å². The van der Waals surface area contributed by atoms with Gasteiger partial charge in [-0.1, -0.05) is 25.5 Å². The van der Waals surface area contributed by atoms with Gasteiger partial charge in [0, 0.05) is 11.5 Å². The Morgan fingerprint density at radius 1 is 1.23 bits per heavy atom. The van der Waals surface area contributed by atoms with Gasteiger partial charge in [0.2, 0.25) is 0 Å². The van der Waals surface area contributed by atoms with Gasteiger partial charge in [0.05, 0.1) is 4.08 Å². The van der Waals surface area contributed by atoms with Crippen LogP contribution in [0.3, 0.4) is 0 Å². The number of hydrogen-bond acceptors (Lipinski definition) is 2. The molecule has 0 unspecified atom stereocenters. The predicted molar refractivity (Wildman–Crippen MR) is 64.4 cm³/mol. The first-order valence-corrected chi connectivity index (χ1v) is 6.95. The summed E-state index contributed by atoms with van der Waals surface area (Å²) in [4.78, 5) is 0. The Hall–Kier alpha value is 0.440. The molecule has 0 nitrogen and oxygen atoms in total. The molecule has 0 atom stereocenters. The SMILES string of the molecule is CC1=CC2(CC(C)(C)C1)SCCS2. The first-order chi connectivity index (χ1) is 6.02. The lowest BCUT2D eigenvalue weighted by molar-refractivity contribution is 0.317. The van der Waals surface area contributed by atoms with Gasteiger partial charge < -0.3 is 0 Å². The number of thioether (sulfide) groups is 2. The molecule has 1 fully saturated rings. The predicted octanol–water partition coefficient (Wildman–Crippen LogP) is 3.93. The zero-order chi connectivity index (χ0) is 9.53. The van der Waals surface area contributed by atoms with Gasteiger partial charge in [-0.25, -0.2) is 0 Å². The molecule has 2 aliphatic rings. The van der Waals surface area contributed by atoms with Gasteiger partial charge in [-0.05, 0) is 25.2 Å². The summed E-state index contributed by atoms with van der Waals surface area (Å²) in [6.45, 7) is 7.11. The van der Waals surface area contributed by atoms with Crippen LogP contribution in [0.4, 0.5) is 0 Å². The van der Waals surface area contributed by atoms with Crippen molar-refractivity contribution in [2.45, 2.75) is 37.7 Å². The number of hydrogen-bond donors (Lipinski definition) is 0. The molecule has 0 amide bonds. The molecule has 1 saturated heterocycles. The lowest BCUT2D eigenvalue weighted by atomic mass is 9.77. The monoisotopic (exact) mass is 214 g/mol. The van der Waals surface area contributed by atoms with Gasteiger partial charge in [0.25, 0.3) is 0 Å². The summed E-state index contributed by atoms with van der Waals surface area (Å²) in [5.41, 5.74) is 2.11. The second-order valence-electron chi connectivity index (χ2n) is 5.02. The van der Waals surface area contributed by atoms with E-state index in [0.717, 1.165) is 0 Å². The minimum atomic E-state index is 0.450. The summed E-state index contributed by atoms with van der Waals surface area (Å²) in [6, 6.07) is 0. The van der Waals surface area contributed by atoms with Crippen molar-refractivity contribution in [1.29, 1.82) is 0 Å². The van der Waals surface area contributed by atoms with Gasteiger partial charge in [0.1, 0.15) is 0 Å². The Morgan fingerprint density at radius 3 is 2.38 bits per heavy atom. The largest absolute Gasteiger partial charge is 0.139 e. The van der Waals surface area contributed by atoms with Crippen molar-refractivity contribution in [3.05, 3.63) is 11.6 Å². The maximum atomic E-state index is 2.53. The van der Waals surface area contributed by atoms with E-state index in [1.54, 1.807) is 5.57 Å². The highest BCUT2D eigenvalue weighted by Crippen LogP contribution is 2.55. The van der Waals surface area contributed by atoms with Crippen molar-refractivity contribution >= 4 is 23.5 Å². The smallest absolute Gasteiger partial charge is 0.0799 e. The first-order valence-electron chi connectivity index (χ1n) is 4.98. The second kappa shape index (κ2) is 3.23. The summed E-state index contributed by atoms with van der Waals surface area (Å²) >= 11 is 4.32. The van der Waals surface area contributed by atoms with Gasteiger partial charge in [-0.2, -0.15) is 0 Å². The third-order valence-corrected chi connectivity index (χ3v) is 6.01. The van der Waals surface area contributed by atoms with Crippen molar-refractivity contribution < 1.29 is 0 Å². The van der Waals surface area contributed by atoms with E-state index >= 15 is 0 Å². The summed E-state index contributed by atoms with van der Waals surface area (Å²) in [5, 5.41) is 0. The molecule has 1 aliphatic heterocycles. The van der Waals surface area contributed by atoms with E-state index < -0.39 is 0 Å². The molecule has 0 aromatic heterocycles. The molecular weight excluding hydrogens is 196 g/mol. The number of allylic oxidation sites excluding steroid dienone is 1. The standard InChI is InChI=1S/C11H18S2/c1-9-6-10(2,3)8-11(7-9)12-4-5-13-11/h7H,4-6,8H2,1-3H3. The molecule has 0 radical (unpaired) electrons. The van der Waals surface area contributed by atoms with Crippen molar-refractivity contribution in [1.82, 2.24) is 0 Å². The van der Waals surface area contributed by atoms with E-state index in [-0.39, 0.29) is 0 Å². The van der Waals surface area contributed by atoms with Crippen LogP contribution in [0.15, 0.2) is 11.6 Å². The molecule has 0 bridgehead atoms. The molecule has 0 aromatic carbocycles. The number of rotatable bonds is 0. The average Bonchev–Trinajstić information content (AvgIpc) is 2.31. The van der Waals surface area contributed by atoms with Crippen LogP contribution in [0.5, 0.6) is 0 Å². The van der Waals surface area contributed by atoms with Crippen LogP contribution in [-0.2, 0) is 0 Å². The topological polar surface area (TPSA) is 0 Å². The summed E-state index contributed by atoms with van der Waals surface area (Å²) < 4.78 is 0.450. The summed E-state index contributed by atoms with van der Waals surface area (Å²) in [5.74, 6) is 2.68. The normalized spacial score (nSPS) is 30.5. The van der Waals surface area contributed by atoms with E-state index in [4.69, 9.17) is 0 Å². The molecule has 1 heterocycles. The lowest BCUT2D eigenvalue weighted by Crippen LogP contribution is -2.29. The van der Waals surface area contributed by atoms with Gasteiger partial charge in [-0.3, -0.25) is 0 Å². The highest BCUT2D eigenvalue weighted by atomic mass is 32.2. The fourth-order valence-corrected chi connectivity index (χ4v) is 6.36. The summed E-state index contributed by atoms with van der Waals surface area (Å²) in [7, 11) is 0. The summed E-state index contributed by atoms with van der Waals surface area (Å²) in [6.07, 6.45) is 5.17. The molecule has 13 heavy (non-hydrogen) atoms. The maximum absolute atomic E-state index is 2.53. The van der Waals surface area contributed by atoms with Crippen LogP contribution >= 0.6 is 23.5 Å². The third kappa shape index (κ3) is 2.10. The third-order valence-electron chi connectivity index (χ3n) is 2.72. The van der Waals surface area contributed by atoms with Crippen LogP contribution in [0.1, 0.15) is 33.6 Å². The van der Waals surface area contributed by atoms with Crippen LogP contribution < -0.4 is 0 Å². The molecule has 2 heteroatoms. The maximum Gasteiger partial charge on any atom is 0.0799 e. The molecule has 74 valence electrons. The quantitative estimate of drug-likeness (QED) is 0.560. The van der Waals surface area contributed by atoms with Crippen molar-refractivity contribution in [3.8, 4) is 0 Å². The molecule has 1 aliphatic carbocycles. The Labute approximate surface area is 89.9 Å². The van der Waals surface area contributed by atoms with E-state index in [0.29, 0.717) is 9.49 Å². The van der Waals surface area contributed by atoms with Crippen LogP contribution in [0.25, 0.3) is 0 Å². The molecule has 0 saturated carbocycles. The minimum Gasteiger partial charge on any atom is -0.139 e. The van der Waals surface area contributed by atoms with Crippen molar-refractivity contribution in [3.63, 3.8) is 0 Å². The fourth-order valence-electron chi connectivity index (χ4n) is 2.62. The van der Waals surface area contributed by atoms with E-state index in [1.807, 2.05) is 0 Å². The van der Waals surface area contributed by atoms with Crippen LogP contribution in [-0.4, -0.2) is 15.6 Å². The Balaban J connectivity index is 2.25. The average molecular weight is 214 g/mol. The fraction of sp³-hybridized carbons (Fsp3) is 0.818. The van der Waals surface area contributed by atoms with Gasteiger partial charge >= 0.3 is 0 Å². The lowest BCUT2D eigenvalue weighted by Gasteiger charge is -2.39. The van der Waals surface area contributed by atoms with E-state index in [9.17, 15) is 0 Å². The second-order valence-corrected chi connectivity index (χ2v) is 8.13. The zero-order valence-corrected chi connectivity index (χ0v) is 10.4. The highest BCUT2D eigenvalue weighted by Gasteiger charge is 2.41. The van der Waals surface area contributed by atoms with Crippen molar-refractivity contribution in [2.24, 2.45) is 5.41 Å². The molecule has 0 aromatic rings. The molecular formula is C11H18S2.